The van der Waals surface area contributed by atoms with Crippen LogP contribution in [0.4, 0.5) is 11.4 Å². The van der Waals surface area contributed by atoms with Crippen molar-refractivity contribution in [2.24, 2.45) is 0 Å². The molecule has 0 aliphatic rings. The third kappa shape index (κ3) is 3.38. The summed E-state index contributed by atoms with van der Waals surface area (Å²) in [6.07, 6.45) is 0.929. The molecule has 2 aromatic rings. The number of sulfone groups is 1. The summed E-state index contributed by atoms with van der Waals surface area (Å²) >= 11 is 0.614. The van der Waals surface area contributed by atoms with Crippen LogP contribution in [0, 0.1) is 20.2 Å². The van der Waals surface area contributed by atoms with Crippen molar-refractivity contribution in [2.75, 3.05) is 6.26 Å². The average Bonchev–Trinajstić information content (AvgIpc) is 2.83. The Morgan fingerprint density at radius 3 is 2.14 bits per heavy atom. The van der Waals surface area contributed by atoms with E-state index in [2.05, 4.69) is 0 Å². The zero-order valence-electron chi connectivity index (χ0n) is 11.0. The Balaban J connectivity index is 2.38. The first-order chi connectivity index (χ1) is 10.2. The van der Waals surface area contributed by atoms with E-state index < -0.39 is 25.4 Å². The fraction of sp³-hybridized carbons (Fsp3) is 0.0909. The number of rotatable bonds is 5. The molecule has 11 heteroatoms. The molecule has 22 heavy (non-hydrogen) atoms. The molecule has 116 valence electrons. The number of non-ortho nitro benzene ring substituents is 1. The quantitative estimate of drug-likeness (QED) is 0.602. The van der Waals surface area contributed by atoms with Crippen LogP contribution in [0.1, 0.15) is 0 Å². The van der Waals surface area contributed by atoms with Crippen molar-refractivity contribution >= 4 is 32.5 Å². The summed E-state index contributed by atoms with van der Waals surface area (Å²) in [4.78, 5) is 20.1. The molecule has 1 aromatic heterocycles. The van der Waals surface area contributed by atoms with Crippen molar-refractivity contribution in [3.8, 4) is 10.8 Å². The van der Waals surface area contributed by atoms with Gasteiger partial charge in [-0.1, -0.05) is 11.3 Å². The largest absolute Gasteiger partial charge is 0.440 e. The fourth-order valence-corrected chi connectivity index (χ4v) is 3.36. The molecule has 0 fully saturated rings. The Hall–Kier alpha value is -2.53. The summed E-state index contributed by atoms with van der Waals surface area (Å²) in [5.41, 5.74) is -0.645. The van der Waals surface area contributed by atoms with E-state index in [1.165, 1.54) is 24.3 Å². The topological polar surface area (TPSA) is 130 Å². The summed E-state index contributed by atoms with van der Waals surface area (Å²) < 4.78 is 28.0. The first kappa shape index (κ1) is 15.9. The molecule has 2 rings (SSSR count). The summed E-state index contributed by atoms with van der Waals surface area (Å²) in [7, 11) is -3.60. The summed E-state index contributed by atoms with van der Waals surface area (Å²) in [5, 5.41) is 21.3. The van der Waals surface area contributed by atoms with Crippen molar-refractivity contribution in [1.29, 1.82) is 0 Å². The van der Waals surface area contributed by atoms with Crippen LogP contribution < -0.4 is 4.74 Å². The predicted molar refractivity (Wildman–Crippen MR) is 77.3 cm³/mol. The van der Waals surface area contributed by atoms with Gasteiger partial charge in [0.15, 0.2) is 9.84 Å². The maximum atomic E-state index is 11.5. The number of nitrogens with zero attached hydrogens (tertiary/aromatic N) is 2. The van der Waals surface area contributed by atoms with Crippen molar-refractivity contribution in [1.82, 2.24) is 0 Å². The lowest BCUT2D eigenvalue weighted by Gasteiger charge is -2.01. The van der Waals surface area contributed by atoms with Gasteiger partial charge >= 0.3 is 5.69 Å². The number of hydrogen-bond donors (Lipinski definition) is 0. The highest BCUT2D eigenvalue weighted by Crippen LogP contribution is 2.41. The van der Waals surface area contributed by atoms with Crippen LogP contribution in [0.15, 0.2) is 34.5 Å². The van der Waals surface area contributed by atoms with E-state index in [4.69, 9.17) is 4.74 Å². The second-order valence-corrected chi connectivity index (χ2v) is 7.38. The van der Waals surface area contributed by atoms with Gasteiger partial charge in [0.2, 0.25) is 0 Å². The van der Waals surface area contributed by atoms with Gasteiger partial charge in [0.05, 0.1) is 9.85 Å². The number of thiophene rings is 1. The molecule has 0 atom stereocenters. The summed E-state index contributed by atoms with van der Waals surface area (Å²) in [6.45, 7) is 0. The smallest absolute Gasteiger partial charge is 0.324 e. The molecule has 0 aliphatic carbocycles. The van der Waals surface area contributed by atoms with Gasteiger partial charge in [0.25, 0.3) is 10.8 Å². The third-order valence-corrected chi connectivity index (χ3v) is 5.28. The molecule has 1 heterocycles. The maximum Gasteiger partial charge on any atom is 0.324 e. The molecule has 0 aliphatic heterocycles. The molecule has 0 bridgehead atoms. The lowest BCUT2D eigenvalue weighted by molar-refractivity contribution is -0.385. The summed E-state index contributed by atoms with van der Waals surface area (Å²) in [5.74, 6) is 0.121. The van der Waals surface area contributed by atoms with Gasteiger partial charge in [-0.2, -0.15) is 0 Å². The highest BCUT2D eigenvalue weighted by atomic mass is 32.2. The standard InChI is InChI=1S/C11H8N2O7S2/c1-22(18,19)10-6-9(13(16)17)11(21-10)20-8-4-2-7(3-5-8)12(14)15/h2-6H,1H3. The first-order valence-corrected chi connectivity index (χ1v) is 8.30. The van der Waals surface area contributed by atoms with Crippen LogP contribution in [-0.4, -0.2) is 24.5 Å². The minimum atomic E-state index is -3.60. The van der Waals surface area contributed by atoms with E-state index in [9.17, 15) is 28.6 Å². The maximum absolute atomic E-state index is 11.5. The zero-order valence-corrected chi connectivity index (χ0v) is 12.6. The van der Waals surface area contributed by atoms with E-state index >= 15 is 0 Å². The van der Waals surface area contributed by atoms with Gasteiger partial charge < -0.3 is 4.74 Å². The molecule has 1 aromatic carbocycles. The number of benzene rings is 1. The van der Waals surface area contributed by atoms with Crippen LogP contribution >= 0.6 is 11.3 Å². The molecule has 0 saturated carbocycles. The minimum absolute atomic E-state index is 0.121. The second kappa shape index (κ2) is 5.69. The highest BCUT2D eigenvalue weighted by molar-refractivity contribution is 7.92. The van der Waals surface area contributed by atoms with E-state index in [0.29, 0.717) is 11.3 Å². The fourth-order valence-electron chi connectivity index (χ4n) is 1.47. The normalized spacial score (nSPS) is 11.1. The molecule has 0 amide bonds. The van der Waals surface area contributed by atoms with Gasteiger partial charge in [-0.15, -0.1) is 0 Å². The van der Waals surface area contributed by atoms with Crippen LogP contribution in [0.2, 0.25) is 0 Å². The van der Waals surface area contributed by atoms with Crippen LogP contribution in [-0.2, 0) is 9.84 Å². The van der Waals surface area contributed by atoms with Crippen molar-refractivity contribution in [3.63, 3.8) is 0 Å². The summed E-state index contributed by atoms with van der Waals surface area (Å²) in [6, 6.07) is 5.79. The van der Waals surface area contributed by atoms with Crippen molar-refractivity contribution < 1.29 is 23.0 Å². The SMILES string of the molecule is CS(=O)(=O)c1cc([N+](=O)[O-])c(Oc2ccc([N+](=O)[O-])cc2)s1. The molecule has 0 N–H and O–H groups in total. The average molecular weight is 344 g/mol. The van der Waals surface area contributed by atoms with Gasteiger partial charge in [-0.25, -0.2) is 8.42 Å². The number of hydrogen-bond acceptors (Lipinski definition) is 8. The van der Waals surface area contributed by atoms with Gasteiger partial charge in [-0.3, -0.25) is 20.2 Å². The Morgan fingerprint density at radius 2 is 1.68 bits per heavy atom. The predicted octanol–water partition coefficient (Wildman–Crippen LogP) is 2.76. The van der Waals surface area contributed by atoms with Gasteiger partial charge in [0, 0.05) is 24.5 Å². The minimum Gasteiger partial charge on any atom is -0.440 e. The van der Waals surface area contributed by atoms with E-state index in [1.54, 1.807) is 0 Å². The van der Waals surface area contributed by atoms with E-state index in [-0.39, 0.29) is 20.7 Å². The molecule has 0 saturated heterocycles. The molecule has 0 radical (unpaired) electrons. The van der Waals surface area contributed by atoms with E-state index in [1.807, 2.05) is 0 Å². The highest BCUT2D eigenvalue weighted by Gasteiger charge is 2.25. The number of ether oxygens (including phenoxy) is 1. The molecule has 9 nitrogen and oxygen atoms in total. The lowest BCUT2D eigenvalue weighted by atomic mass is 10.3. The second-order valence-electron chi connectivity index (χ2n) is 4.12. The Morgan fingerprint density at radius 1 is 1.09 bits per heavy atom. The Bertz CT molecular complexity index is 840. The van der Waals surface area contributed by atoms with Crippen LogP contribution in [0.25, 0.3) is 0 Å². The third-order valence-electron chi connectivity index (χ3n) is 2.48. The molecule has 0 unspecified atom stereocenters. The first-order valence-electron chi connectivity index (χ1n) is 5.59. The lowest BCUT2D eigenvalue weighted by Crippen LogP contribution is -1.92. The molecular weight excluding hydrogens is 336 g/mol. The molecular formula is C11H8N2O7S2. The van der Waals surface area contributed by atoms with Crippen molar-refractivity contribution in [3.05, 3.63) is 50.6 Å². The number of nitro groups is 2. The Kier molecular flexibility index (Phi) is 4.10. The molecule has 0 spiro atoms. The zero-order chi connectivity index (χ0) is 16.5. The van der Waals surface area contributed by atoms with Crippen LogP contribution in [0.5, 0.6) is 10.8 Å². The van der Waals surface area contributed by atoms with Gasteiger partial charge in [0.1, 0.15) is 9.96 Å². The number of nitro benzene ring substituents is 1. The van der Waals surface area contributed by atoms with E-state index in [0.717, 1.165) is 12.3 Å². The van der Waals surface area contributed by atoms with Gasteiger partial charge in [-0.05, 0) is 12.1 Å². The van der Waals surface area contributed by atoms with Crippen molar-refractivity contribution in [2.45, 2.75) is 4.21 Å². The Labute approximate surface area is 128 Å². The monoisotopic (exact) mass is 344 g/mol. The van der Waals surface area contributed by atoms with Crippen LogP contribution in [0.3, 0.4) is 0 Å².